The zero-order chi connectivity index (χ0) is 23.1. The molecule has 1 aromatic heterocycles. The number of anilines is 1. The van der Waals surface area contributed by atoms with Crippen molar-refractivity contribution in [2.75, 3.05) is 24.5 Å². The summed E-state index contributed by atoms with van der Waals surface area (Å²) in [6.07, 6.45) is 1.79. The molecule has 4 atom stereocenters. The molecule has 1 aliphatic heterocycles. The second kappa shape index (κ2) is 8.84. The summed E-state index contributed by atoms with van der Waals surface area (Å²) in [6, 6.07) is 2.47. The van der Waals surface area contributed by atoms with Crippen molar-refractivity contribution in [2.45, 2.75) is 71.1 Å². The molecule has 2 unspecified atom stereocenters. The van der Waals surface area contributed by atoms with Gasteiger partial charge in [0.2, 0.25) is 5.91 Å². The number of nitrogens with zero attached hydrogens (tertiary/aromatic N) is 2. The maximum absolute atomic E-state index is 13.2. The number of rotatable bonds is 7. The van der Waals surface area contributed by atoms with Crippen molar-refractivity contribution < 1.29 is 18.0 Å². The van der Waals surface area contributed by atoms with E-state index in [-0.39, 0.29) is 23.4 Å². The number of alkyl halides is 3. The van der Waals surface area contributed by atoms with Crippen LogP contribution in [-0.4, -0.2) is 42.6 Å². The minimum Gasteiger partial charge on any atom is -0.356 e. The third kappa shape index (κ3) is 5.74. The highest BCUT2D eigenvalue weighted by Crippen LogP contribution is 2.40. The molecule has 4 rings (SSSR count). The number of amides is 1. The first-order chi connectivity index (χ1) is 15.0. The molecule has 0 bridgehead atoms. The van der Waals surface area contributed by atoms with Crippen LogP contribution in [0.4, 0.5) is 19.0 Å². The van der Waals surface area contributed by atoms with Gasteiger partial charge in [0.05, 0.1) is 11.6 Å². The second-order valence-electron chi connectivity index (χ2n) is 11.1. The summed E-state index contributed by atoms with van der Waals surface area (Å²) in [5, 5.41) is 6.82. The van der Waals surface area contributed by atoms with Crippen LogP contribution in [0.3, 0.4) is 0 Å². The molecular formula is C24H35F3N4O. The lowest BCUT2D eigenvalue weighted by atomic mass is 9.87. The molecule has 2 heterocycles. The van der Waals surface area contributed by atoms with Crippen molar-refractivity contribution in [3.63, 3.8) is 0 Å². The van der Waals surface area contributed by atoms with Crippen LogP contribution in [-0.2, 0) is 11.0 Å². The predicted octanol–water partition coefficient (Wildman–Crippen LogP) is 4.24. The molecular weight excluding hydrogens is 417 g/mol. The minimum atomic E-state index is -4.38. The average molecular weight is 453 g/mol. The lowest BCUT2D eigenvalue weighted by Gasteiger charge is -2.29. The van der Waals surface area contributed by atoms with Gasteiger partial charge in [-0.2, -0.15) is 13.2 Å². The molecule has 2 saturated carbocycles. The van der Waals surface area contributed by atoms with Crippen LogP contribution in [0, 0.1) is 23.2 Å². The number of pyridine rings is 1. The monoisotopic (exact) mass is 452 g/mol. The summed E-state index contributed by atoms with van der Waals surface area (Å²) in [5.41, 5.74) is -0.677. The minimum absolute atomic E-state index is 0.0508. The number of carbonyl (C=O) groups excluding carboxylic acids is 1. The zero-order valence-electron chi connectivity index (χ0n) is 19.2. The van der Waals surface area contributed by atoms with Crippen molar-refractivity contribution >= 4 is 11.7 Å². The van der Waals surface area contributed by atoms with Crippen molar-refractivity contribution in [1.82, 2.24) is 15.6 Å². The van der Waals surface area contributed by atoms with Gasteiger partial charge in [-0.1, -0.05) is 20.8 Å². The maximum Gasteiger partial charge on any atom is 0.417 e. The largest absolute Gasteiger partial charge is 0.417 e. The number of carbonyl (C=O) groups is 1. The summed E-state index contributed by atoms with van der Waals surface area (Å²) in [4.78, 5) is 19.3. The molecule has 1 saturated heterocycles. The van der Waals surface area contributed by atoms with Gasteiger partial charge in [0.25, 0.3) is 0 Å². The molecule has 1 aromatic rings. The standard InChI is InChI=1S/C24H35F3N4O/c1-23(2,3)10-20(28-11-15-4-5-15)22(32)30-19-8-6-16-13-31(14-18(16)19)21-9-7-17(12-29-21)24(25,26)27/h7,9,12,15-16,18-20,28H,4-6,8,10-11,13-14H2,1-3H3,(H,30,32)/t16-,18?,19?,20+/m1/s1. The van der Waals surface area contributed by atoms with Crippen LogP contribution in [0.5, 0.6) is 0 Å². The molecule has 5 nitrogen and oxygen atoms in total. The van der Waals surface area contributed by atoms with Gasteiger partial charge in [-0.3, -0.25) is 4.79 Å². The molecule has 178 valence electrons. The fourth-order valence-corrected chi connectivity index (χ4v) is 5.16. The number of aromatic nitrogens is 1. The van der Waals surface area contributed by atoms with Gasteiger partial charge in [0, 0.05) is 31.2 Å². The Labute approximate surface area is 188 Å². The topological polar surface area (TPSA) is 57.3 Å². The quantitative estimate of drug-likeness (QED) is 0.650. The van der Waals surface area contributed by atoms with E-state index in [0.717, 1.165) is 44.6 Å². The van der Waals surface area contributed by atoms with E-state index in [1.54, 1.807) is 0 Å². The Bertz CT molecular complexity index is 801. The third-order valence-electron chi connectivity index (χ3n) is 7.07. The second-order valence-corrected chi connectivity index (χ2v) is 11.1. The Morgan fingerprint density at radius 1 is 1.16 bits per heavy atom. The number of hydrogen-bond donors (Lipinski definition) is 2. The van der Waals surface area contributed by atoms with Gasteiger partial charge in [-0.25, -0.2) is 4.98 Å². The Kier molecular flexibility index (Phi) is 6.45. The smallest absolute Gasteiger partial charge is 0.356 e. The molecule has 8 heteroatoms. The van der Waals surface area contributed by atoms with Crippen LogP contribution in [0.25, 0.3) is 0 Å². The van der Waals surface area contributed by atoms with E-state index in [0.29, 0.717) is 30.1 Å². The molecule has 32 heavy (non-hydrogen) atoms. The van der Waals surface area contributed by atoms with Gasteiger partial charge in [-0.05, 0) is 68.0 Å². The Hall–Kier alpha value is -1.83. The highest BCUT2D eigenvalue weighted by molar-refractivity contribution is 5.82. The SMILES string of the molecule is CC(C)(C)C[C@H](NCC1CC1)C(=O)NC1CC[C@@H]2CN(c3ccc(C(F)(F)F)cn3)CC12. The number of nitrogens with one attached hydrogen (secondary N) is 2. The summed E-state index contributed by atoms with van der Waals surface area (Å²) in [5.74, 6) is 2.11. The van der Waals surface area contributed by atoms with Gasteiger partial charge < -0.3 is 15.5 Å². The number of halogens is 3. The van der Waals surface area contributed by atoms with Gasteiger partial charge in [-0.15, -0.1) is 0 Å². The fraction of sp³-hybridized carbons (Fsp3) is 0.750. The van der Waals surface area contributed by atoms with Crippen molar-refractivity contribution in [3.05, 3.63) is 23.9 Å². The molecule has 3 aliphatic rings. The average Bonchev–Trinajstić information content (AvgIpc) is 3.32. The van der Waals surface area contributed by atoms with Crippen molar-refractivity contribution in [1.29, 1.82) is 0 Å². The predicted molar refractivity (Wildman–Crippen MR) is 118 cm³/mol. The Morgan fingerprint density at radius 3 is 2.50 bits per heavy atom. The highest BCUT2D eigenvalue weighted by atomic mass is 19.4. The van der Waals surface area contributed by atoms with E-state index in [1.807, 2.05) is 0 Å². The van der Waals surface area contributed by atoms with Crippen LogP contribution in [0.1, 0.15) is 58.4 Å². The van der Waals surface area contributed by atoms with Crippen LogP contribution in [0.15, 0.2) is 18.3 Å². The van der Waals surface area contributed by atoms with Crippen LogP contribution >= 0.6 is 0 Å². The molecule has 2 aliphatic carbocycles. The van der Waals surface area contributed by atoms with E-state index in [1.165, 1.54) is 18.9 Å². The first-order valence-corrected chi connectivity index (χ1v) is 11.8. The van der Waals surface area contributed by atoms with Gasteiger partial charge >= 0.3 is 6.18 Å². The van der Waals surface area contributed by atoms with E-state index in [4.69, 9.17) is 0 Å². The van der Waals surface area contributed by atoms with Crippen LogP contribution in [0.2, 0.25) is 0 Å². The van der Waals surface area contributed by atoms with Gasteiger partial charge in [0.1, 0.15) is 5.82 Å². The van der Waals surface area contributed by atoms with E-state index < -0.39 is 11.7 Å². The van der Waals surface area contributed by atoms with Crippen molar-refractivity contribution in [2.24, 2.45) is 23.2 Å². The highest BCUT2D eigenvalue weighted by Gasteiger charge is 2.44. The molecule has 1 amide bonds. The molecule has 0 spiro atoms. The molecule has 0 radical (unpaired) electrons. The van der Waals surface area contributed by atoms with E-state index >= 15 is 0 Å². The lowest BCUT2D eigenvalue weighted by Crippen LogP contribution is -2.51. The fourth-order valence-electron chi connectivity index (χ4n) is 5.16. The summed E-state index contributed by atoms with van der Waals surface area (Å²) >= 11 is 0. The third-order valence-corrected chi connectivity index (χ3v) is 7.07. The normalized spacial score (nSPS) is 26.8. The summed E-state index contributed by atoms with van der Waals surface area (Å²) < 4.78 is 38.5. The summed E-state index contributed by atoms with van der Waals surface area (Å²) in [7, 11) is 0. The maximum atomic E-state index is 13.2. The first-order valence-electron chi connectivity index (χ1n) is 11.8. The number of hydrogen-bond acceptors (Lipinski definition) is 4. The molecule has 3 fully saturated rings. The Balaban J connectivity index is 1.36. The van der Waals surface area contributed by atoms with Crippen LogP contribution < -0.4 is 15.5 Å². The van der Waals surface area contributed by atoms with Crippen molar-refractivity contribution in [3.8, 4) is 0 Å². The molecule has 0 aromatic carbocycles. The number of fused-ring (bicyclic) bond motifs is 1. The zero-order valence-corrected chi connectivity index (χ0v) is 19.2. The van der Waals surface area contributed by atoms with E-state index in [2.05, 4.69) is 41.3 Å². The lowest BCUT2D eigenvalue weighted by molar-refractivity contribution is -0.137. The summed E-state index contributed by atoms with van der Waals surface area (Å²) in [6.45, 7) is 8.86. The molecule has 2 N–H and O–H groups in total. The van der Waals surface area contributed by atoms with E-state index in [9.17, 15) is 18.0 Å². The van der Waals surface area contributed by atoms with Gasteiger partial charge in [0.15, 0.2) is 0 Å². The Morgan fingerprint density at radius 2 is 1.91 bits per heavy atom. The first kappa shape index (κ1) is 23.3.